The number of carboxylic acid groups (broad SMARTS) is 1. The Kier molecular flexibility index (Phi) is 7.05. The monoisotopic (exact) mass is 420 g/mol. The van der Waals surface area contributed by atoms with Crippen LogP contribution in [0.3, 0.4) is 0 Å². The highest BCUT2D eigenvalue weighted by atomic mass is 35.5. The van der Waals surface area contributed by atoms with E-state index in [1.165, 1.54) is 0 Å². The van der Waals surface area contributed by atoms with Gasteiger partial charge in [0.2, 0.25) is 0 Å². The number of halogens is 1. The van der Waals surface area contributed by atoms with Crippen molar-refractivity contribution in [3.63, 3.8) is 0 Å². The van der Waals surface area contributed by atoms with Gasteiger partial charge in [0.15, 0.2) is 0 Å². The predicted molar refractivity (Wildman–Crippen MR) is 117 cm³/mol. The lowest BCUT2D eigenvalue weighted by Crippen LogP contribution is -2.55. The Hall–Kier alpha value is -2.01. The molecule has 0 fully saturated rings. The number of aliphatic carboxylic acids is 1. The van der Waals surface area contributed by atoms with E-state index in [0.29, 0.717) is 11.4 Å². The van der Waals surface area contributed by atoms with Crippen LogP contribution in [0, 0.1) is 5.41 Å². The predicted octanol–water partition coefficient (Wildman–Crippen LogP) is 5.72. The van der Waals surface area contributed by atoms with Crippen molar-refractivity contribution in [3.05, 3.63) is 46.1 Å². The third-order valence-electron chi connectivity index (χ3n) is 5.47. The van der Waals surface area contributed by atoms with Crippen molar-refractivity contribution in [2.45, 2.75) is 78.8 Å². The quantitative estimate of drug-likeness (QED) is 0.592. The van der Waals surface area contributed by atoms with Gasteiger partial charge in [-0.05, 0) is 68.2 Å². The molecule has 5 nitrogen and oxygen atoms in total. The Morgan fingerprint density at radius 1 is 1.28 bits per heavy atom. The van der Waals surface area contributed by atoms with Gasteiger partial charge in [-0.1, -0.05) is 44.5 Å². The van der Waals surface area contributed by atoms with Gasteiger partial charge in [0.05, 0.1) is 5.54 Å². The molecule has 0 aromatic heterocycles. The van der Waals surface area contributed by atoms with Crippen LogP contribution in [0.5, 0.6) is 0 Å². The summed E-state index contributed by atoms with van der Waals surface area (Å²) in [5.41, 5.74) is 2.21. The van der Waals surface area contributed by atoms with Gasteiger partial charge in [0.25, 0.3) is 0 Å². The van der Waals surface area contributed by atoms with Crippen molar-refractivity contribution in [1.29, 1.82) is 0 Å². The van der Waals surface area contributed by atoms with Crippen molar-refractivity contribution in [2.24, 2.45) is 5.41 Å². The maximum Gasteiger partial charge on any atom is 0.322 e. The average molecular weight is 421 g/mol. The zero-order chi connectivity index (χ0) is 22.0. The highest BCUT2D eigenvalue weighted by Gasteiger charge is 2.39. The minimum atomic E-state index is -0.864. The first-order chi connectivity index (χ1) is 13.3. The highest BCUT2D eigenvalue weighted by Crippen LogP contribution is 2.38. The number of benzene rings is 1. The van der Waals surface area contributed by atoms with Crippen LogP contribution in [0.25, 0.3) is 0 Å². The maximum absolute atomic E-state index is 12.7. The van der Waals surface area contributed by atoms with E-state index < -0.39 is 11.5 Å². The molecule has 0 bridgehead atoms. The summed E-state index contributed by atoms with van der Waals surface area (Å²) in [6.45, 7) is 12.4. The van der Waals surface area contributed by atoms with Crippen molar-refractivity contribution in [3.8, 4) is 0 Å². The molecule has 1 aliphatic rings. The Morgan fingerprint density at radius 2 is 1.93 bits per heavy atom. The Labute approximate surface area is 179 Å². The fraction of sp³-hybridized carbons (Fsp3) is 0.565. The first kappa shape index (κ1) is 23.3. The summed E-state index contributed by atoms with van der Waals surface area (Å²) >= 11 is 6.59. The molecule has 2 N–H and O–H groups in total. The molecule has 0 unspecified atom stereocenters. The molecule has 1 aromatic rings. The Balaban J connectivity index is 2.40. The summed E-state index contributed by atoms with van der Waals surface area (Å²) in [4.78, 5) is 25.5. The molecule has 160 valence electrons. The van der Waals surface area contributed by atoms with Crippen LogP contribution in [0.15, 0.2) is 30.0 Å². The molecule has 0 saturated heterocycles. The van der Waals surface area contributed by atoms with Gasteiger partial charge in [-0.2, -0.15) is 0 Å². The lowest BCUT2D eigenvalue weighted by Gasteiger charge is -2.42. The van der Waals surface area contributed by atoms with Crippen LogP contribution in [0.1, 0.15) is 71.9 Å². The number of carbonyl (C=O) groups excluding carboxylic acids is 1. The first-order valence-corrected chi connectivity index (χ1v) is 10.5. The minimum Gasteiger partial charge on any atom is -0.481 e. The lowest BCUT2D eigenvalue weighted by atomic mass is 9.80. The summed E-state index contributed by atoms with van der Waals surface area (Å²) in [5, 5.41) is 12.9. The summed E-state index contributed by atoms with van der Waals surface area (Å²) in [6, 6.07) is 5.69. The zero-order valence-corrected chi connectivity index (χ0v) is 19.1. The van der Waals surface area contributed by atoms with Crippen LogP contribution in [0.2, 0.25) is 5.02 Å². The van der Waals surface area contributed by atoms with Gasteiger partial charge in [0.1, 0.15) is 0 Å². The SMILES string of the molecule is CC(C)N1C=C(CCC(=O)O)[C@](C)(c2ccc(CCC(C)(C)C)c(Cl)c2)NC1=O. The van der Waals surface area contributed by atoms with E-state index in [-0.39, 0.29) is 23.9 Å². The number of hydrogen-bond acceptors (Lipinski definition) is 2. The molecule has 2 rings (SSSR count). The first-order valence-electron chi connectivity index (χ1n) is 10.2. The number of carbonyl (C=O) groups is 2. The van der Waals surface area contributed by atoms with Crippen LogP contribution < -0.4 is 5.32 Å². The molecule has 0 saturated carbocycles. The number of aryl methyl sites for hydroxylation is 1. The number of hydrogen-bond donors (Lipinski definition) is 2. The van der Waals surface area contributed by atoms with Crippen molar-refractivity contribution < 1.29 is 14.7 Å². The summed E-state index contributed by atoms with van der Waals surface area (Å²) < 4.78 is 0. The van der Waals surface area contributed by atoms with Gasteiger partial charge in [0, 0.05) is 23.7 Å². The average Bonchev–Trinajstić information content (AvgIpc) is 2.58. The second-order valence-corrected chi connectivity index (χ2v) is 9.88. The van der Waals surface area contributed by atoms with Crippen molar-refractivity contribution in [2.75, 3.05) is 0 Å². The molecule has 0 radical (unpaired) electrons. The molecule has 2 amide bonds. The zero-order valence-electron chi connectivity index (χ0n) is 18.3. The molecule has 1 atom stereocenters. The van der Waals surface area contributed by atoms with Crippen LogP contribution >= 0.6 is 11.6 Å². The van der Waals surface area contributed by atoms with Crippen LogP contribution in [-0.2, 0) is 16.8 Å². The van der Waals surface area contributed by atoms with E-state index in [0.717, 1.165) is 29.5 Å². The number of nitrogens with zero attached hydrogens (tertiary/aromatic N) is 1. The summed E-state index contributed by atoms with van der Waals surface area (Å²) in [7, 11) is 0. The Morgan fingerprint density at radius 3 is 2.45 bits per heavy atom. The van der Waals surface area contributed by atoms with Gasteiger partial charge in [-0.15, -0.1) is 0 Å². The van der Waals surface area contributed by atoms with E-state index >= 15 is 0 Å². The molecular formula is C23H33ClN2O3. The standard InChI is InChI=1S/C23H33ClN2O3/c1-15(2)26-14-18(9-10-20(27)28)23(6,25-21(26)29)17-8-7-16(19(24)13-17)11-12-22(3,4)5/h7-8,13-15H,9-12H2,1-6H3,(H,25,29)(H,27,28)/t23-/m0/s1. The maximum atomic E-state index is 12.7. The lowest BCUT2D eigenvalue weighted by molar-refractivity contribution is -0.137. The van der Waals surface area contributed by atoms with Crippen molar-refractivity contribution in [1.82, 2.24) is 10.2 Å². The number of amides is 2. The van der Waals surface area contributed by atoms with E-state index in [2.05, 4.69) is 26.1 Å². The molecule has 1 aromatic carbocycles. The van der Waals surface area contributed by atoms with Crippen LogP contribution in [0.4, 0.5) is 4.79 Å². The second kappa shape index (κ2) is 8.78. The van der Waals surface area contributed by atoms with E-state index in [1.54, 1.807) is 11.1 Å². The fourth-order valence-electron chi connectivity index (χ4n) is 3.48. The van der Waals surface area contributed by atoms with E-state index in [1.807, 2.05) is 39.0 Å². The minimum absolute atomic E-state index is 0.000622. The second-order valence-electron chi connectivity index (χ2n) is 9.47. The molecule has 0 aliphatic carbocycles. The molecule has 1 aliphatic heterocycles. The topological polar surface area (TPSA) is 69.6 Å². The van der Waals surface area contributed by atoms with Crippen LogP contribution in [-0.4, -0.2) is 28.0 Å². The highest BCUT2D eigenvalue weighted by molar-refractivity contribution is 6.31. The number of nitrogens with one attached hydrogen (secondary N) is 1. The third kappa shape index (κ3) is 5.75. The smallest absolute Gasteiger partial charge is 0.322 e. The normalized spacial score (nSPS) is 19.9. The molecule has 29 heavy (non-hydrogen) atoms. The van der Waals surface area contributed by atoms with Gasteiger partial charge in [-0.3, -0.25) is 9.69 Å². The van der Waals surface area contributed by atoms with Crippen molar-refractivity contribution >= 4 is 23.6 Å². The molecule has 1 heterocycles. The van der Waals surface area contributed by atoms with Gasteiger partial charge < -0.3 is 10.4 Å². The van der Waals surface area contributed by atoms with E-state index in [4.69, 9.17) is 16.7 Å². The largest absolute Gasteiger partial charge is 0.481 e. The summed E-state index contributed by atoms with van der Waals surface area (Å²) in [6.07, 6.45) is 4.05. The fourth-order valence-corrected chi connectivity index (χ4v) is 3.76. The Bertz CT molecular complexity index is 811. The van der Waals surface area contributed by atoms with Gasteiger partial charge >= 0.3 is 12.0 Å². The summed E-state index contributed by atoms with van der Waals surface area (Å²) in [5.74, 6) is -0.864. The number of carboxylic acids is 1. The third-order valence-corrected chi connectivity index (χ3v) is 5.82. The number of rotatable bonds is 7. The van der Waals surface area contributed by atoms with E-state index in [9.17, 15) is 9.59 Å². The number of urea groups is 1. The molecular weight excluding hydrogens is 388 g/mol. The molecule has 6 heteroatoms. The van der Waals surface area contributed by atoms with Gasteiger partial charge in [-0.25, -0.2) is 4.79 Å². The molecule has 0 spiro atoms.